The summed E-state index contributed by atoms with van der Waals surface area (Å²) in [7, 11) is -3.96. The Morgan fingerprint density at radius 3 is 2.67 bits per heavy atom. The van der Waals surface area contributed by atoms with Gasteiger partial charge in [0.15, 0.2) is 0 Å². The van der Waals surface area contributed by atoms with Crippen LogP contribution < -0.4 is 10.5 Å². The Bertz CT molecular complexity index is 644. The molecule has 2 rings (SSSR count). The largest absolute Gasteiger partial charge is 0.478 e. The Morgan fingerprint density at radius 2 is 2.10 bits per heavy atom. The molecule has 1 aromatic carbocycles. The number of hydrogen-bond acceptors (Lipinski definition) is 5. The summed E-state index contributed by atoms with van der Waals surface area (Å²) < 4.78 is 26.8. The van der Waals surface area contributed by atoms with E-state index in [-0.39, 0.29) is 28.6 Å². The average Bonchev–Trinajstić information content (AvgIpc) is 2.81. The van der Waals surface area contributed by atoms with E-state index < -0.39 is 22.1 Å². The van der Waals surface area contributed by atoms with E-state index in [1.54, 1.807) is 0 Å². The fourth-order valence-electron chi connectivity index (χ4n) is 2.50. The summed E-state index contributed by atoms with van der Waals surface area (Å²) in [5.74, 6) is -1.49. The van der Waals surface area contributed by atoms with E-state index in [9.17, 15) is 18.3 Å². The van der Waals surface area contributed by atoms with Crippen molar-refractivity contribution in [3.8, 4) is 0 Å². The van der Waals surface area contributed by atoms with Crippen LogP contribution in [0.5, 0.6) is 0 Å². The van der Waals surface area contributed by atoms with Gasteiger partial charge in [0.25, 0.3) is 0 Å². The fraction of sp³-hybridized carbons (Fsp3) is 0.462. The van der Waals surface area contributed by atoms with Crippen LogP contribution in [-0.2, 0) is 10.0 Å². The first-order valence-corrected chi connectivity index (χ1v) is 8.10. The highest BCUT2D eigenvalue weighted by atomic mass is 32.2. The molecule has 0 saturated heterocycles. The third-order valence-corrected chi connectivity index (χ3v) is 5.16. The van der Waals surface area contributed by atoms with Gasteiger partial charge in [0, 0.05) is 12.2 Å². The van der Waals surface area contributed by atoms with Crippen molar-refractivity contribution in [3.63, 3.8) is 0 Å². The number of carboxylic acid groups (broad SMARTS) is 1. The van der Waals surface area contributed by atoms with Gasteiger partial charge < -0.3 is 15.9 Å². The van der Waals surface area contributed by atoms with E-state index in [1.807, 2.05) is 0 Å². The number of benzene rings is 1. The molecule has 116 valence electrons. The van der Waals surface area contributed by atoms with E-state index in [2.05, 4.69) is 4.72 Å². The zero-order chi connectivity index (χ0) is 15.6. The minimum Gasteiger partial charge on any atom is -0.478 e. The van der Waals surface area contributed by atoms with Gasteiger partial charge in [-0.1, -0.05) is 6.42 Å². The number of carboxylic acids is 1. The molecule has 0 spiro atoms. The number of aromatic carboxylic acids is 1. The lowest BCUT2D eigenvalue weighted by Gasteiger charge is -2.16. The minimum atomic E-state index is -3.96. The van der Waals surface area contributed by atoms with Crippen LogP contribution in [0.4, 0.5) is 5.69 Å². The highest BCUT2D eigenvalue weighted by Gasteiger charge is 2.28. The van der Waals surface area contributed by atoms with Gasteiger partial charge in [0.05, 0.1) is 16.6 Å². The van der Waals surface area contributed by atoms with Crippen LogP contribution >= 0.6 is 0 Å². The summed E-state index contributed by atoms with van der Waals surface area (Å²) >= 11 is 0. The Balaban J connectivity index is 2.21. The number of carbonyl (C=O) groups is 1. The van der Waals surface area contributed by atoms with Crippen molar-refractivity contribution in [2.24, 2.45) is 5.92 Å². The van der Waals surface area contributed by atoms with Crippen LogP contribution in [0.2, 0.25) is 0 Å². The fourth-order valence-corrected chi connectivity index (χ4v) is 3.77. The molecule has 0 bridgehead atoms. The molecule has 1 aliphatic carbocycles. The number of nitrogens with one attached hydrogen (secondary N) is 1. The van der Waals surface area contributed by atoms with Crippen LogP contribution in [0.25, 0.3) is 0 Å². The zero-order valence-electron chi connectivity index (χ0n) is 11.3. The van der Waals surface area contributed by atoms with Crippen molar-refractivity contribution in [1.82, 2.24) is 4.72 Å². The van der Waals surface area contributed by atoms with Crippen LogP contribution in [0.15, 0.2) is 23.1 Å². The topological polar surface area (TPSA) is 130 Å². The van der Waals surface area contributed by atoms with Crippen LogP contribution in [0.1, 0.15) is 29.6 Å². The van der Waals surface area contributed by atoms with Crippen molar-refractivity contribution in [2.45, 2.75) is 30.3 Å². The molecule has 1 saturated carbocycles. The van der Waals surface area contributed by atoms with Crippen molar-refractivity contribution in [3.05, 3.63) is 23.8 Å². The van der Waals surface area contributed by atoms with E-state index in [1.165, 1.54) is 12.1 Å². The van der Waals surface area contributed by atoms with E-state index >= 15 is 0 Å². The van der Waals surface area contributed by atoms with Gasteiger partial charge >= 0.3 is 5.97 Å². The summed E-state index contributed by atoms with van der Waals surface area (Å²) in [6.45, 7) is 0.0902. The summed E-state index contributed by atoms with van der Waals surface area (Å²) in [4.78, 5) is 10.8. The van der Waals surface area contributed by atoms with Crippen molar-refractivity contribution in [2.75, 3.05) is 12.3 Å². The molecule has 1 aromatic rings. The van der Waals surface area contributed by atoms with Gasteiger partial charge in [0.1, 0.15) is 0 Å². The van der Waals surface area contributed by atoms with E-state index in [4.69, 9.17) is 10.8 Å². The first-order chi connectivity index (χ1) is 9.81. The summed E-state index contributed by atoms with van der Waals surface area (Å²) in [6, 6.07) is 3.62. The van der Waals surface area contributed by atoms with Crippen molar-refractivity contribution in [1.29, 1.82) is 0 Å². The average molecular weight is 314 g/mol. The lowest BCUT2D eigenvalue weighted by atomic mass is 10.1. The Hall–Kier alpha value is -1.64. The van der Waals surface area contributed by atoms with Crippen LogP contribution in [0.3, 0.4) is 0 Å². The quantitative estimate of drug-likeness (QED) is 0.582. The van der Waals surface area contributed by atoms with Gasteiger partial charge in [-0.2, -0.15) is 0 Å². The van der Waals surface area contributed by atoms with Gasteiger partial charge in [0.2, 0.25) is 10.0 Å². The van der Waals surface area contributed by atoms with Gasteiger partial charge in [-0.05, 0) is 37.0 Å². The number of nitrogen functional groups attached to an aromatic ring is 1. The molecular weight excluding hydrogens is 296 g/mol. The second-order valence-corrected chi connectivity index (χ2v) is 6.91. The number of aliphatic hydroxyl groups is 1. The van der Waals surface area contributed by atoms with E-state index in [0.717, 1.165) is 18.9 Å². The maximum Gasteiger partial charge on any atom is 0.337 e. The summed E-state index contributed by atoms with van der Waals surface area (Å²) in [6.07, 6.45) is 1.75. The van der Waals surface area contributed by atoms with Crippen molar-refractivity contribution < 1.29 is 23.4 Å². The molecule has 21 heavy (non-hydrogen) atoms. The molecule has 8 heteroatoms. The third kappa shape index (κ3) is 3.52. The number of rotatable bonds is 5. The molecular formula is C13H18N2O5S. The summed E-state index contributed by atoms with van der Waals surface area (Å²) in [5.41, 5.74) is 5.30. The lowest BCUT2D eigenvalue weighted by molar-refractivity contribution is 0.0692. The molecule has 2 unspecified atom stereocenters. The Kier molecular flexibility index (Phi) is 4.50. The smallest absolute Gasteiger partial charge is 0.337 e. The first kappa shape index (κ1) is 15.7. The van der Waals surface area contributed by atoms with Crippen molar-refractivity contribution >= 4 is 21.7 Å². The highest BCUT2D eigenvalue weighted by molar-refractivity contribution is 7.89. The number of hydrogen-bond donors (Lipinski definition) is 4. The van der Waals surface area contributed by atoms with E-state index in [0.29, 0.717) is 6.42 Å². The predicted molar refractivity (Wildman–Crippen MR) is 76.4 cm³/mol. The van der Waals surface area contributed by atoms with Crippen LogP contribution in [0, 0.1) is 5.92 Å². The molecule has 0 radical (unpaired) electrons. The summed E-state index contributed by atoms with van der Waals surface area (Å²) in [5, 5.41) is 18.8. The normalized spacial score (nSPS) is 22.3. The Morgan fingerprint density at radius 1 is 1.38 bits per heavy atom. The number of aliphatic hydroxyl groups excluding tert-OH is 1. The minimum absolute atomic E-state index is 0.0902. The predicted octanol–water partition coefficient (Wildman–Crippen LogP) is 0.406. The third-order valence-electron chi connectivity index (χ3n) is 3.68. The molecule has 0 aliphatic heterocycles. The maximum atomic E-state index is 12.2. The highest BCUT2D eigenvalue weighted by Crippen LogP contribution is 2.25. The SMILES string of the molecule is Nc1ccc(S(=O)(=O)NCC2CCCC2O)c(C(=O)O)c1. The molecule has 0 aromatic heterocycles. The molecule has 1 fully saturated rings. The molecule has 2 atom stereocenters. The van der Waals surface area contributed by atoms with Gasteiger partial charge in [-0.25, -0.2) is 17.9 Å². The molecule has 5 N–H and O–H groups in total. The molecule has 7 nitrogen and oxygen atoms in total. The number of sulfonamides is 1. The Labute approximate surface area is 122 Å². The van der Waals surface area contributed by atoms with Gasteiger partial charge in [-0.15, -0.1) is 0 Å². The lowest BCUT2D eigenvalue weighted by Crippen LogP contribution is -2.33. The monoisotopic (exact) mass is 314 g/mol. The maximum absolute atomic E-state index is 12.2. The standard InChI is InChI=1S/C13H18N2O5S/c14-9-4-5-12(10(6-9)13(17)18)21(19,20)15-7-8-2-1-3-11(8)16/h4-6,8,11,15-16H,1-3,7,14H2,(H,17,18). The molecule has 1 aliphatic rings. The number of anilines is 1. The number of nitrogens with two attached hydrogens (primary N) is 1. The zero-order valence-corrected chi connectivity index (χ0v) is 12.1. The molecule has 0 heterocycles. The van der Waals surface area contributed by atoms with Gasteiger partial charge in [-0.3, -0.25) is 0 Å². The second kappa shape index (κ2) is 6.00. The second-order valence-electron chi connectivity index (χ2n) is 5.17. The first-order valence-electron chi connectivity index (χ1n) is 6.62. The van der Waals surface area contributed by atoms with Crippen LogP contribution in [-0.4, -0.2) is 37.2 Å². The molecule has 0 amide bonds.